The number of carbonyl (C=O) groups is 1. The maximum atomic E-state index is 11.9. The third-order valence-corrected chi connectivity index (χ3v) is 4.34. The molecule has 6 nitrogen and oxygen atoms in total. The van der Waals surface area contributed by atoms with Gasteiger partial charge in [-0.3, -0.25) is 14.7 Å². The maximum absolute atomic E-state index is 11.9. The second-order valence-electron chi connectivity index (χ2n) is 6.31. The first kappa shape index (κ1) is 16.6. The molecule has 3 rings (SSSR count). The second kappa shape index (κ2) is 8.06. The van der Waals surface area contributed by atoms with Crippen molar-refractivity contribution in [3.63, 3.8) is 0 Å². The van der Waals surface area contributed by atoms with Crippen LogP contribution in [0.2, 0.25) is 0 Å². The standard InChI is InChI=1S/C18H24N4O2/c1-2-7-20-18(23)17-10-16(21-24-17)15-6-4-9-22(13-15)12-14-5-3-8-19-11-14/h3,5,8,10-11,15H,2,4,6-7,9,12-13H2,1H3,(H,20,23). The summed E-state index contributed by atoms with van der Waals surface area (Å²) in [7, 11) is 0. The summed E-state index contributed by atoms with van der Waals surface area (Å²) < 4.78 is 5.24. The minimum Gasteiger partial charge on any atom is -0.351 e. The van der Waals surface area contributed by atoms with Crippen molar-refractivity contribution >= 4 is 5.91 Å². The van der Waals surface area contributed by atoms with Gasteiger partial charge in [0.2, 0.25) is 5.76 Å². The van der Waals surface area contributed by atoms with Gasteiger partial charge in [-0.25, -0.2) is 0 Å². The van der Waals surface area contributed by atoms with Crippen LogP contribution in [-0.2, 0) is 6.54 Å². The minimum atomic E-state index is -0.182. The van der Waals surface area contributed by atoms with E-state index >= 15 is 0 Å². The monoisotopic (exact) mass is 328 g/mol. The maximum Gasteiger partial charge on any atom is 0.289 e. The zero-order valence-corrected chi connectivity index (χ0v) is 14.1. The molecule has 128 valence electrons. The highest BCUT2D eigenvalue weighted by Crippen LogP contribution is 2.27. The fourth-order valence-electron chi connectivity index (χ4n) is 3.10. The molecular weight excluding hydrogens is 304 g/mol. The Labute approximate surface area is 142 Å². The summed E-state index contributed by atoms with van der Waals surface area (Å²) in [5.41, 5.74) is 2.10. The van der Waals surface area contributed by atoms with Crippen LogP contribution in [0.25, 0.3) is 0 Å². The van der Waals surface area contributed by atoms with Gasteiger partial charge in [0.15, 0.2) is 0 Å². The minimum absolute atomic E-state index is 0.182. The van der Waals surface area contributed by atoms with Crippen LogP contribution in [0.1, 0.15) is 53.9 Å². The summed E-state index contributed by atoms with van der Waals surface area (Å²) in [5, 5.41) is 6.95. The quantitative estimate of drug-likeness (QED) is 0.882. The number of nitrogens with one attached hydrogen (secondary N) is 1. The number of hydrogen-bond donors (Lipinski definition) is 1. The average molecular weight is 328 g/mol. The van der Waals surface area contributed by atoms with Crippen LogP contribution in [-0.4, -0.2) is 40.6 Å². The predicted molar refractivity (Wildman–Crippen MR) is 90.6 cm³/mol. The van der Waals surface area contributed by atoms with Crippen LogP contribution in [0.15, 0.2) is 35.1 Å². The molecule has 24 heavy (non-hydrogen) atoms. The van der Waals surface area contributed by atoms with E-state index in [4.69, 9.17) is 4.52 Å². The molecule has 0 aliphatic carbocycles. The molecule has 2 aromatic rings. The van der Waals surface area contributed by atoms with Crippen molar-refractivity contribution in [2.75, 3.05) is 19.6 Å². The van der Waals surface area contributed by atoms with Gasteiger partial charge >= 0.3 is 0 Å². The molecule has 1 aliphatic rings. The molecule has 3 heterocycles. The molecule has 1 atom stereocenters. The van der Waals surface area contributed by atoms with Crippen molar-refractivity contribution in [3.8, 4) is 0 Å². The Hall–Kier alpha value is -2.21. The summed E-state index contributed by atoms with van der Waals surface area (Å²) in [6.45, 7) is 5.57. The number of pyridine rings is 1. The summed E-state index contributed by atoms with van der Waals surface area (Å²) in [5.74, 6) is 0.438. The van der Waals surface area contributed by atoms with E-state index in [0.29, 0.717) is 18.2 Å². The Morgan fingerprint density at radius 3 is 3.21 bits per heavy atom. The lowest BCUT2D eigenvalue weighted by Gasteiger charge is -2.31. The average Bonchev–Trinajstić information content (AvgIpc) is 3.11. The lowest BCUT2D eigenvalue weighted by molar-refractivity contribution is 0.0916. The molecule has 1 saturated heterocycles. The van der Waals surface area contributed by atoms with Gasteiger partial charge in [-0.2, -0.15) is 0 Å². The Balaban J connectivity index is 1.60. The van der Waals surface area contributed by atoms with Gasteiger partial charge < -0.3 is 9.84 Å². The first-order valence-electron chi connectivity index (χ1n) is 8.62. The normalized spacial score (nSPS) is 18.5. The number of amides is 1. The Kier molecular flexibility index (Phi) is 5.59. The fourth-order valence-corrected chi connectivity index (χ4v) is 3.10. The van der Waals surface area contributed by atoms with Crippen LogP contribution in [0.4, 0.5) is 0 Å². The van der Waals surface area contributed by atoms with Crippen molar-refractivity contribution in [2.24, 2.45) is 0 Å². The number of carbonyl (C=O) groups excluding carboxylic acids is 1. The SMILES string of the molecule is CCCNC(=O)c1cc(C2CCCN(Cc3cccnc3)C2)no1. The van der Waals surface area contributed by atoms with Crippen molar-refractivity contribution in [1.82, 2.24) is 20.4 Å². The van der Waals surface area contributed by atoms with E-state index in [1.54, 1.807) is 12.3 Å². The van der Waals surface area contributed by atoms with Gasteiger partial charge in [0.05, 0.1) is 5.69 Å². The molecular formula is C18H24N4O2. The number of rotatable bonds is 6. The summed E-state index contributed by atoms with van der Waals surface area (Å²) in [6.07, 6.45) is 6.80. The highest BCUT2D eigenvalue weighted by atomic mass is 16.5. The van der Waals surface area contributed by atoms with E-state index in [9.17, 15) is 4.79 Å². The molecule has 1 aliphatic heterocycles. The molecule has 1 amide bonds. The van der Waals surface area contributed by atoms with Gasteiger partial charge in [-0.1, -0.05) is 18.1 Å². The number of nitrogens with zero attached hydrogens (tertiary/aromatic N) is 3. The molecule has 0 bridgehead atoms. The first-order valence-corrected chi connectivity index (χ1v) is 8.62. The van der Waals surface area contributed by atoms with E-state index in [2.05, 4.69) is 26.4 Å². The van der Waals surface area contributed by atoms with E-state index in [-0.39, 0.29) is 5.91 Å². The van der Waals surface area contributed by atoms with Crippen LogP contribution in [0.3, 0.4) is 0 Å². The molecule has 1 N–H and O–H groups in total. The molecule has 0 spiro atoms. The largest absolute Gasteiger partial charge is 0.351 e. The van der Waals surface area contributed by atoms with Crippen molar-refractivity contribution in [3.05, 3.63) is 47.6 Å². The third-order valence-electron chi connectivity index (χ3n) is 4.34. The molecule has 2 aromatic heterocycles. The number of piperidine rings is 1. The molecule has 1 unspecified atom stereocenters. The van der Waals surface area contributed by atoms with E-state index in [1.807, 2.05) is 19.2 Å². The summed E-state index contributed by atoms with van der Waals surface area (Å²) in [6, 6.07) is 5.86. The Morgan fingerprint density at radius 1 is 1.50 bits per heavy atom. The van der Waals surface area contributed by atoms with Gasteiger partial charge in [0, 0.05) is 44.0 Å². The Bertz CT molecular complexity index is 656. The van der Waals surface area contributed by atoms with E-state index in [0.717, 1.165) is 44.6 Å². The number of likely N-dealkylation sites (tertiary alicyclic amines) is 1. The van der Waals surface area contributed by atoms with Crippen LogP contribution in [0, 0.1) is 0 Å². The zero-order chi connectivity index (χ0) is 16.8. The van der Waals surface area contributed by atoms with Gasteiger partial charge in [0.25, 0.3) is 5.91 Å². The van der Waals surface area contributed by atoms with Crippen LogP contribution in [0.5, 0.6) is 0 Å². The Morgan fingerprint density at radius 2 is 2.42 bits per heavy atom. The van der Waals surface area contributed by atoms with Crippen molar-refractivity contribution in [2.45, 2.75) is 38.6 Å². The van der Waals surface area contributed by atoms with E-state index in [1.165, 1.54) is 5.56 Å². The van der Waals surface area contributed by atoms with Crippen molar-refractivity contribution in [1.29, 1.82) is 0 Å². The topological polar surface area (TPSA) is 71.3 Å². The molecule has 1 fully saturated rings. The summed E-state index contributed by atoms with van der Waals surface area (Å²) in [4.78, 5) is 18.5. The van der Waals surface area contributed by atoms with Crippen LogP contribution < -0.4 is 5.32 Å². The van der Waals surface area contributed by atoms with Gasteiger partial charge in [-0.05, 0) is 37.4 Å². The highest BCUT2D eigenvalue weighted by molar-refractivity contribution is 5.91. The van der Waals surface area contributed by atoms with Crippen LogP contribution >= 0.6 is 0 Å². The highest BCUT2D eigenvalue weighted by Gasteiger charge is 2.25. The fraction of sp³-hybridized carbons (Fsp3) is 0.500. The molecule has 0 radical (unpaired) electrons. The van der Waals surface area contributed by atoms with E-state index < -0.39 is 0 Å². The zero-order valence-electron chi connectivity index (χ0n) is 14.1. The number of hydrogen-bond acceptors (Lipinski definition) is 5. The van der Waals surface area contributed by atoms with Crippen molar-refractivity contribution < 1.29 is 9.32 Å². The first-order chi connectivity index (χ1) is 11.8. The summed E-state index contributed by atoms with van der Waals surface area (Å²) >= 11 is 0. The second-order valence-corrected chi connectivity index (χ2v) is 6.31. The predicted octanol–water partition coefficient (Wildman–Crippen LogP) is 2.59. The lowest BCUT2D eigenvalue weighted by atomic mass is 9.94. The molecule has 6 heteroatoms. The smallest absolute Gasteiger partial charge is 0.289 e. The third kappa shape index (κ3) is 4.20. The molecule has 0 saturated carbocycles. The van der Waals surface area contributed by atoms with Gasteiger partial charge in [-0.15, -0.1) is 0 Å². The van der Waals surface area contributed by atoms with Gasteiger partial charge in [0.1, 0.15) is 0 Å². The molecule has 0 aromatic carbocycles. The number of aromatic nitrogens is 2. The lowest BCUT2D eigenvalue weighted by Crippen LogP contribution is -2.34.